The van der Waals surface area contributed by atoms with Crippen molar-refractivity contribution < 1.29 is 18.0 Å². The second-order valence-electron chi connectivity index (χ2n) is 9.19. The van der Waals surface area contributed by atoms with Crippen molar-refractivity contribution in [2.24, 2.45) is 0 Å². The van der Waals surface area contributed by atoms with Crippen LogP contribution in [0, 0.1) is 0 Å². The van der Waals surface area contributed by atoms with Gasteiger partial charge >= 0.3 is 6.18 Å². The van der Waals surface area contributed by atoms with E-state index in [9.17, 15) is 18.0 Å². The molecule has 3 heterocycles. The summed E-state index contributed by atoms with van der Waals surface area (Å²) in [4.78, 5) is 23.1. The number of benzene rings is 1. The molecule has 0 spiro atoms. The molecule has 2 aliphatic heterocycles. The Labute approximate surface area is 209 Å². The van der Waals surface area contributed by atoms with Crippen LogP contribution in [-0.2, 0) is 11.0 Å². The monoisotopic (exact) mass is 509 g/mol. The van der Waals surface area contributed by atoms with Gasteiger partial charge in [-0.25, -0.2) is 0 Å². The van der Waals surface area contributed by atoms with Crippen LogP contribution in [-0.4, -0.2) is 72.5 Å². The molecule has 1 aromatic heterocycles. The zero-order chi connectivity index (χ0) is 24.8. The van der Waals surface area contributed by atoms with Crippen molar-refractivity contribution >= 4 is 28.9 Å². The fourth-order valence-corrected chi connectivity index (χ4v) is 4.85. The molecule has 2 saturated heterocycles. The van der Waals surface area contributed by atoms with E-state index < -0.39 is 11.7 Å². The number of rotatable bonds is 7. The maximum atomic E-state index is 12.9. The van der Waals surface area contributed by atoms with Crippen molar-refractivity contribution in [1.82, 2.24) is 14.8 Å². The van der Waals surface area contributed by atoms with Crippen LogP contribution in [0.3, 0.4) is 0 Å². The summed E-state index contributed by atoms with van der Waals surface area (Å²) in [5.74, 6) is 0.110. The van der Waals surface area contributed by atoms with Gasteiger partial charge in [-0.3, -0.25) is 14.7 Å². The Balaban J connectivity index is 1.18. The second-order valence-corrected chi connectivity index (χ2v) is 9.63. The molecule has 2 aromatic rings. The third kappa shape index (κ3) is 7.24. The second kappa shape index (κ2) is 11.5. The number of carbonyl (C=O) groups is 1. The predicted molar refractivity (Wildman–Crippen MR) is 132 cm³/mol. The molecule has 4 rings (SSSR count). The minimum atomic E-state index is -4.43. The molecule has 0 saturated carbocycles. The van der Waals surface area contributed by atoms with Crippen LogP contribution in [0.5, 0.6) is 0 Å². The van der Waals surface area contributed by atoms with E-state index in [1.165, 1.54) is 11.9 Å². The number of pyridine rings is 1. The highest BCUT2D eigenvalue weighted by atomic mass is 35.5. The Morgan fingerprint density at radius 3 is 2.54 bits per heavy atom. The Bertz CT molecular complexity index is 980. The first kappa shape index (κ1) is 25.6. The van der Waals surface area contributed by atoms with Crippen molar-refractivity contribution in [3.8, 4) is 0 Å². The van der Waals surface area contributed by atoms with E-state index in [4.69, 9.17) is 11.6 Å². The van der Waals surface area contributed by atoms with Gasteiger partial charge in [-0.2, -0.15) is 13.2 Å². The number of anilines is 2. The molecule has 1 N–H and O–H groups in total. The van der Waals surface area contributed by atoms with Gasteiger partial charge in [0.15, 0.2) is 0 Å². The zero-order valence-corrected chi connectivity index (χ0v) is 20.4. The van der Waals surface area contributed by atoms with Gasteiger partial charge in [-0.1, -0.05) is 11.6 Å². The number of nitrogens with zero attached hydrogens (tertiary/aromatic N) is 4. The van der Waals surface area contributed by atoms with Crippen molar-refractivity contribution in [3.05, 3.63) is 53.3 Å². The summed E-state index contributed by atoms with van der Waals surface area (Å²) < 4.78 is 38.8. The number of likely N-dealkylation sites (tertiary alicyclic amines) is 1. The number of piperidine rings is 1. The first-order valence-electron chi connectivity index (χ1n) is 12.1. The van der Waals surface area contributed by atoms with Gasteiger partial charge in [-0.05, 0) is 56.1 Å². The van der Waals surface area contributed by atoms with Gasteiger partial charge < -0.3 is 15.1 Å². The molecule has 0 unspecified atom stereocenters. The van der Waals surface area contributed by atoms with E-state index in [-0.39, 0.29) is 11.9 Å². The van der Waals surface area contributed by atoms with E-state index in [1.807, 2.05) is 29.2 Å². The lowest BCUT2D eigenvalue weighted by Gasteiger charge is -2.36. The third-order valence-corrected chi connectivity index (χ3v) is 6.89. The van der Waals surface area contributed by atoms with Crippen LogP contribution >= 0.6 is 11.6 Å². The number of nitrogens with one attached hydrogen (secondary N) is 1. The lowest BCUT2D eigenvalue weighted by Crippen LogP contribution is -2.47. The van der Waals surface area contributed by atoms with Gasteiger partial charge in [0, 0.05) is 74.8 Å². The van der Waals surface area contributed by atoms with Crippen LogP contribution in [0.1, 0.15) is 31.2 Å². The van der Waals surface area contributed by atoms with Crippen molar-refractivity contribution in [1.29, 1.82) is 0 Å². The molecule has 0 aliphatic carbocycles. The Kier molecular flexibility index (Phi) is 8.38. The highest BCUT2D eigenvalue weighted by Gasteiger charge is 2.31. The van der Waals surface area contributed by atoms with Crippen molar-refractivity contribution in [2.45, 2.75) is 37.9 Å². The molecule has 2 fully saturated rings. The summed E-state index contributed by atoms with van der Waals surface area (Å²) >= 11 is 5.98. The average Bonchev–Trinajstić information content (AvgIpc) is 2.85. The largest absolute Gasteiger partial charge is 0.417 e. The van der Waals surface area contributed by atoms with Crippen molar-refractivity contribution in [3.63, 3.8) is 0 Å². The molecule has 2 aliphatic rings. The number of piperazine rings is 1. The quantitative estimate of drug-likeness (QED) is 0.583. The molecule has 1 amide bonds. The normalized spacial score (nSPS) is 19.6. The molecule has 0 radical (unpaired) electrons. The lowest BCUT2D eigenvalue weighted by molar-refractivity contribution is -0.137. The van der Waals surface area contributed by atoms with Crippen LogP contribution in [0.2, 0.25) is 5.02 Å². The summed E-state index contributed by atoms with van der Waals surface area (Å²) in [6, 6.07) is 8.89. The smallest absolute Gasteiger partial charge is 0.379 e. The molecule has 6 nitrogen and oxygen atoms in total. The maximum absolute atomic E-state index is 12.9. The summed E-state index contributed by atoms with van der Waals surface area (Å²) in [7, 11) is 0. The molecule has 10 heteroatoms. The van der Waals surface area contributed by atoms with E-state index >= 15 is 0 Å². The summed E-state index contributed by atoms with van der Waals surface area (Å²) in [6.45, 7) is 5.87. The van der Waals surface area contributed by atoms with Gasteiger partial charge in [0.05, 0.1) is 11.3 Å². The molecule has 0 bridgehead atoms. The molecular formula is C25H31ClF3N5O. The fourth-order valence-electron chi connectivity index (χ4n) is 4.72. The van der Waals surface area contributed by atoms with Gasteiger partial charge in [0.25, 0.3) is 0 Å². The SMILES string of the molecule is O=C(CCCN1CCN(c2ccc(Cl)cc2)CC1)N1CCC[C@H](Nc2cncc(C(F)(F)F)c2)C1. The van der Waals surface area contributed by atoms with E-state index in [0.717, 1.165) is 69.3 Å². The maximum Gasteiger partial charge on any atom is 0.417 e. The first-order chi connectivity index (χ1) is 16.8. The summed E-state index contributed by atoms with van der Waals surface area (Å²) in [5, 5.41) is 3.87. The topological polar surface area (TPSA) is 51.7 Å². The van der Waals surface area contributed by atoms with Crippen LogP contribution in [0.25, 0.3) is 0 Å². The third-order valence-electron chi connectivity index (χ3n) is 6.64. The number of amides is 1. The number of hydrogen-bond donors (Lipinski definition) is 1. The van der Waals surface area contributed by atoms with Gasteiger partial charge in [-0.15, -0.1) is 0 Å². The fraction of sp³-hybridized carbons (Fsp3) is 0.520. The van der Waals surface area contributed by atoms with Gasteiger partial charge in [0.2, 0.25) is 5.91 Å². The Morgan fingerprint density at radius 2 is 1.83 bits per heavy atom. The van der Waals surface area contributed by atoms with Crippen LogP contribution in [0.15, 0.2) is 42.7 Å². The van der Waals surface area contributed by atoms with Crippen LogP contribution in [0.4, 0.5) is 24.5 Å². The summed E-state index contributed by atoms with van der Waals surface area (Å²) in [6.07, 6.45) is 0.686. The minimum Gasteiger partial charge on any atom is -0.379 e. The predicted octanol–water partition coefficient (Wildman–Crippen LogP) is 4.76. The highest BCUT2D eigenvalue weighted by Crippen LogP contribution is 2.30. The minimum absolute atomic E-state index is 0.0843. The van der Waals surface area contributed by atoms with E-state index in [1.54, 1.807) is 0 Å². The molecule has 35 heavy (non-hydrogen) atoms. The van der Waals surface area contributed by atoms with Crippen LogP contribution < -0.4 is 10.2 Å². The average molecular weight is 510 g/mol. The first-order valence-corrected chi connectivity index (χ1v) is 12.5. The molecule has 1 aromatic carbocycles. The number of carbonyl (C=O) groups excluding carboxylic acids is 1. The highest BCUT2D eigenvalue weighted by molar-refractivity contribution is 6.30. The molecular weight excluding hydrogens is 479 g/mol. The lowest BCUT2D eigenvalue weighted by atomic mass is 10.0. The Morgan fingerprint density at radius 1 is 1.09 bits per heavy atom. The molecule has 1 atom stereocenters. The summed E-state index contributed by atoms with van der Waals surface area (Å²) in [5.41, 5.74) is 0.732. The number of halogens is 4. The number of hydrogen-bond acceptors (Lipinski definition) is 5. The van der Waals surface area contributed by atoms with E-state index in [0.29, 0.717) is 25.2 Å². The number of aromatic nitrogens is 1. The van der Waals surface area contributed by atoms with Gasteiger partial charge in [0.1, 0.15) is 0 Å². The standard InChI is InChI=1S/C25H31ClF3N5O/c26-20-5-7-23(8-6-20)33-13-11-32(12-14-33)9-2-4-24(35)34-10-1-3-21(18-34)31-22-15-19(16-30-17-22)25(27,28)29/h5-8,15-17,21,31H,1-4,9-14,18H2/t21-/m0/s1. The van der Waals surface area contributed by atoms with E-state index in [2.05, 4.69) is 20.1 Å². The van der Waals surface area contributed by atoms with Crippen molar-refractivity contribution in [2.75, 3.05) is 56.0 Å². The molecule has 190 valence electrons. The zero-order valence-electron chi connectivity index (χ0n) is 19.6. The number of alkyl halides is 3. The Hall–Kier alpha value is -2.52.